The lowest BCUT2D eigenvalue weighted by atomic mass is 9.97. The highest BCUT2D eigenvalue weighted by Gasteiger charge is 2.40. The normalized spacial score (nSPS) is 16.3. The number of alkyl halides is 3. The van der Waals surface area contributed by atoms with Crippen molar-refractivity contribution in [3.63, 3.8) is 0 Å². The van der Waals surface area contributed by atoms with Crippen LogP contribution in [-0.4, -0.2) is 29.0 Å². The van der Waals surface area contributed by atoms with E-state index in [0.29, 0.717) is 29.0 Å². The first-order chi connectivity index (χ1) is 11.8. The van der Waals surface area contributed by atoms with E-state index in [2.05, 4.69) is 4.98 Å². The number of primary amides is 1. The molecule has 1 aromatic carbocycles. The van der Waals surface area contributed by atoms with E-state index in [0.717, 1.165) is 10.6 Å². The predicted molar refractivity (Wildman–Crippen MR) is 93.3 cm³/mol. The number of nitrogens with two attached hydrogens (primary N) is 1. The molecule has 1 aromatic heterocycles. The van der Waals surface area contributed by atoms with Gasteiger partial charge in [-0.1, -0.05) is 18.2 Å². The lowest BCUT2D eigenvalue weighted by Crippen LogP contribution is -2.45. The van der Waals surface area contributed by atoms with Crippen molar-refractivity contribution in [1.29, 1.82) is 0 Å². The zero-order valence-corrected chi connectivity index (χ0v) is 14.9. The van der Waals surface area contributed by atoms with Gasteiger partial charge < -0.3 is 11.1 Å². The molecule has 140 valence electrons. The molecule has 2 aromatic rings. The van der Waals surface area contributed by atoms with E-state index in [1.807, 2.05) is 5.32 Å². The maximum Gasteiger partial charge on any atom is 0.471 e. The van der Waals surface area contributed by atoms with Gasteiger partial charge in [-0.3, -0.25) is 9.59 Å². The van der Waals surface area contributed by atoms with Crippen LogP contribution in [0, 0.1) is 0 Å². The molecule has 0 unspecified atom stereocenters. The number of carbonyl (C=O) groups is 2. The first-order valence-corrected chi connectivity index (χ1v) is 8.33. The maximum absolute atomic E-state index is 12.4. The molecule has 1 atom stereocenters. The van der Waals surface area contributed by atoms with Crippen molar-refractivity contribution in [3.05, 3.63) is 40.4 Å². The number of rotatable bonds is 3. The molecule has 3 rings (SSSR count). The molecule has 0 fully saturated rings. The minimum atomic E-state index is -4.89. The van der Waals surface area contributed by atoms with Crippen molar-refractivity contribution in [3.8, 4) is 10.6 Å². The quantitative estimate of drug-likeness (QED) is 0.823. The molecule has 10 heteroatoms. The van der Waals surface area contributed by atoms with E-state index >= 15 is 0 Å². The van der Waals surface area contributed by atoms with E-state index in [-0.39, 0.29) is 18.8 Å². The first kappa shape index (κ1) is 20.2. The number of hydrogen-bond donors (Lipinski definition) is 2. The second-order valence-electron chi connectivity index (χ2n) is 5.71. The highest BCUT2D eigenvalue weighted by atomic mass is 35.5. The highest BCUT2D eigenvalue weighted by Crippen LogP contribution is 2.34. The van der Waals surface area contributed by atoms with Crippen LogP contribution >= 0.6 is 23.7 Å². The van der Waals surface area contributed by atoms with E-state index in [4.69, 9.17) is 5.73 Å². The third-order valence-electron chi connectivity index (χ3n) is 3.96. The molecule has 2 amide bonds. The molecule has 0 aliphatic heterocycles. The Balaban J connectivity index is 0.00000243. The van der Waals surface area contributed by atoms with Crippen LogP contribution in [0.15, 0.2) is 24.3 Å². The van der Waals surface area contributed by atoms with Gasteiger partial charge in [0.05, 0.1) is 5.69 Å². The zero-order valence-electron chi connectivity index (χ0n) is 13.3. The van der Waals surface area contributed by atoms with Gasteiger partial charge in [0, 0.05) is 28.5 Å². The summed E-state index contributed by atoms with van der Waals surface area (Å²) in [6.07, 6.45) is -3.75. The number of halogens is 4. The molecular weight excluding hydrogens is 391 g/mol. The zero-order chi connectivity index (χ0) is 18.2. The molecule has 5 nitrogen and oxygen atoms in total. The Hall–Kier alpha value is -2.13. The Kier molecular flexibility index (Phi) is 5.92. The van der Waals surface area contributed by atoms with Gasteiger partial charge >= 0.3 is 12.1 Å². The van der Waals surface area contributed by atoms with Crippen LogP contribution in [0.4, 0.5) is 13.2 Å². The summed E-state index contributed by atoms with van der Waals surface area (Å²) in [5, 5.41) is 2.62. The fraction of sp³-hybridized carbons (Fsp3) is 0.312. The molecule has 1 aliphatic carbocycles. The van der Waals surface area contributed by atoms with Crippen molar-refractivity contribution in [2.75, 3.05) is 0 Å². The molecule has 0 spiro atoms. The molecule has 0 saturated carbocycles. The fourth-order valence-corrected chi connectivity index (χ4v) is 3.99. The number of nitrogens with one attached hydrogen (secondary N) is 1. The minimum Gasteiger partial charge on any atom is -0.366 e. The SMILES string of the molecule is Cl.NC(=O)c1ccccc1-c1nc2c(s1)C[C@@H](NC(=O)C(F)(F)F)CC2. The second-order valence-corrected chi connectivity index (χ2v) is 6.79. The lowest BCUT2D eigenvalue weighted by Gasteiger charge is -2.22. The summed E-state index contributed by atoms with van der Waals surface area (Å²) in [6.45, 7) is 0. The summed E-state index contributed by atoms with van der Waals surface area (Å²) in [5.74, 6) is -2.50. The number of thiazole rings is 1. The van der Waals surface area contributed by atoms with E-state index in [9.17, 15) is 22.8 Å². The molecule has 3 N–H and O–H groups in total. The van der Waals surface area contributed by atoms with Crippen LogP contribution in [0.3, 0.4) is 0 Å². The topological polar surface area (TPSA) is 85.1 Å². The first-order valence-electron chi connectivity index (χ1n) is 7.51. The summed E-state index contributed by atoms with van der Waals surface area (Å²) >= 11 is 1.31. The average molecular weight is 406 g/mol. The number of fused-ring (bicyclic) bond motifs is 1. The van der Waals surface area contributed by atoms with Gasteiger partial charge in [0.15, 0.2) is 0 Å². The smallest absolute Gasteiger partial charge is 0.366 e. The Morgan fingerprint density at radius 3 is 2.62 bits per heavy atom. The number of amides is 2. The molecular formula is C16H15ClF3N3O2S. The van der Waals surface area contributed by atoms with Gasteiger partial charge in [-0.25, -0.2) is 4.98 Å². The van der Waals surface area contributed by atoms with Crippen molar-refractivity contribution in [2.24, 2.45) is 5.73 Å². The minimum absolute atomic E-state index is 0. The third-order valence-corrected chi connectivity index (χ3v) is 5.11. The molecule has 0 radical (unpaired) electrons. The van der Waals surface area contributed by atoms with Crippen LogP contribution in [-0.2, 0) is 17.6 Å². The molecule has 0 saturated heterocycles. The van der Waals surface area contributed by atoms with Gasteiger partial charge in [0.25, 0.3) is 0 Å². The summed E-state index contributed by atoms with van der Waals surface area (Å²) < 4.78 is 37.1. The standard InChI is InChI=1S/C16H14F3N3O2S.ClH/c17-16(18,19)15(24)21-8-5-6-11-12(7-8)25-14(22-11)10-4-2-1-3-9(10)13(20)23;/h1-4,8H,5-7H2,(H2,20,23)(H,21,24);1H/t8-;/m0./s1. The summed E-state index contributed by atoms with van der Waals surface area (Å²) in [4.78, 5) is 28.0. The Morgan fingerprint density at radius 2 is 1.96 bits per heavy atom. The van der Waals surface area contributed by atoms with Gasteiger partial charge in [0.2, 0.25) is 5.91 Å². The van der Waals surface area contributed by atoms with Crippen LogP contribution in [0.25, 0.3) is 10.6 Å². The summed E-state index contributed by atoms with van der Waals surface area (Å²) in [5.41, 5.74) is 7.11. The largest absolute Gasteiger partial charge is 0.471 e. The number of carbonyl (C=O) groups excluding carboxylic acids is 2. The third kappa shape index (κ3) is 4.16. The van der Waals surface area contributed by atoms with Crippen molar-refractivity contribution >= 4 is 35.6 Å². The second kappa shape index (κ2) is 7.63. The van der Waals surface area contributed by atoms with Gasteiger partial charge in [-0.15, -0.1) is 23.7 Å². The molecule has 26 heavy (non-hydrogen) atoms. The van der Waals surface area contributed by atoms with Crippen LogP contribution < -0.4 is 11.1 Å². The highest BCUT2D eigenvalue weighted by molar-refractivity contribution is 7.15. The van der Waals surface area contributed by atoms with Gasteiger partial charge in [0.1, 0.15) is 5.01 Å². The van der Waals surface area contributed by atoms with Crippen molar-refractivity contribution < 1.29 is 22.8 Å². The molecule has 1 heterocycles. The number of aromatic nitrogens is 1. The van der Waals surface area contributed by atoms with Crippen LogP contribution in [0.5, 0.6) is 0 Å². The summed E-state index contributed by atoms with van der Waals surface area (Å²) in [6, 6.07) is 6.20. The van der Waals surface area contributed by atoms with E-state index in [1.165, 1.54) is 11.3 Å². The van der Waals surface area contributed by atoms with Crippen molar-refractivity contribution in [1.82, 2.24) is 10.3 Å². The van der Waals surface area contributed by atoms with Gasteiger partial charge in [-0.05, 0) is 18.9 Å². The summed E-state index contributed by atoms with van der Waals surface area (Å²) in [7, 11) is 0. The number of hydrogen-bond acceptors (Lipinski definition) is 4. The van der Waals surface area contributed by atoms with E-state index < -0.39 is 24.0 Å². The Labute approximate surface area is 157 Å². The van der Waals surface area contributed by atoms with Crippen LogP contribution in [0.1, 0.15) is 27.3 Å². The number of nitrogens with zero attached hydrogens (tertiary/aromatic N) is 1. The van der Waals surface area contributed by atoms with E-state index in [1.54, 1.807) is 24.3 Å². The monoisotopic (exact) mass is 405 g/mol. The number of aryl methyl sites for hydroxylation is 1. The van der Waals surface area contributed by atoms with Crippen LogP contribution in [0.2, 0.25) is 0 Å². The molecule has 1 aliphatic rings. The lowest BCUT2D eigenvalue weighted by molar-refractivity contribution is -0.174. The Morgan fingerprint density at radius 1 is 1.27 bits per heavy atom. The van der Waals surface area contributed by atoms with Gasteiger partial charge in [-0.2, -0.15) is 13.2 Å². The Bertz CT molecular complexity index is 838. The van der Waals surface area contributed by atoms with Crippen molar-refractivity contribution in [2.45, 2.75) is 31.5 Å². The average Bonchev–Trinajstić information content (AvgIpc) is 2.97. The number of benzene rings is 1. The molecule has 0 bridgehead atoms. The maximum atomic E-state index is 12.4. The predicted octanol–water partition coefficient (Wildman–Crippen LogP) is 2.87. The fourth-order valence-electron chi connectivity index (χ4n) is 2.77.